The number of rotatable bonds is 4. The van der Waals surface area contributed by atoms with E-state index < -0.39 is 36.1 Å². The van der Waals surface area contributed by atoms with Crippen LogP contribution < -0.4 is 10.1 Å². The van der Waals surface area contributed by atoms with Gasteiger partial charge in [-0.25, -0.2) is 4.79 Å². The van der Waals surface area contributed by atoms with Crippen LogP contribution in [0.3, 0.4) is 0 Å². The summed E-state index contributed by atoms with van der Waals surface area (Å²) in [5.74, 6) is -0.636. The highest BCUT2D eigenvalue weighted by atomic mass is 35.5. The number of fused-ring (bicyclic) bond motifs is 2. The van der Waals surface area contributed by atoms with Crippen LogP contribution in [0.15, 0.2) is 48.5 Å². The molecule has 3 amide bonds. The van der Waals surface area contributed by atoms with Gasteiger partial charge < -0.3 is 14.8 Å². The second-order valence-electron chi connectivity index (χ2n) is 6.98. The van der Waals surface area contributed by atoms with Crippen LogP contribution in [0.25, 0.3) is 0 Å². The SMILES string of the molecule is C[C@@H](OC(=O)CN1C(=O)N[C@]2(CCOc3ccccc32)C1=O)c1ccccc1Cl. The summed E-state index contributed by atoms with van der Waals surface area (Å²) >= 11 is 6.13. The van der Waals surface area contributed by atoms with Gasteiger partial charge in [0.2, 0.25) is 0 Å². The Labute approximate surface area is 172 Å². The van der Waals surface area contributed by atoms with E-state index in [-0.39, 0.29) is 13.0 Å². The van der Waals surface area contributed by atoms with Gasteiger partial charge in [0.25, 0.3) is 5.91 Å². The van der Waals surface area contributed by atoms with Gasteiger partial charge in [-0.05, 0) is 19.1 Å². The Hall–Kier alpha value is -3.06. The quantitative estimate of drug-likeness (QED) is 0.613. The number of urea groups is 1. The fraction of sp³-hybridized carbons (Fsp3) is 0.286. The van der Waals surface area contributed by atoms with E-state index in [2.05, 4.69) is 5.32 Å². The number of hydrogen-bond donors (Lipinski definition) is 1. The lowest BCUT2D eigenvalue weighted by atomic mass is 9.84. The van der Waals surface area contributed by atoms with Crippen molar-refractivity contribution in [2.45, 2.75) is 25.0 Å². The fourth-order valence-corrected chi connectivity index (χ4v) is 4.04. The molecule has 1 spiro atoms. The number of imide groups is 1. The Morgan fingerprint density at radius 1 is 1.24 bits per heavy atom. The van der Waals surface area contributed by atoms with E-state index >= 15 is 0 Å². The van der Waals surface area contributed by atoms with Crippen LogP contribution in [0.5, 0.6) is 5.75 Å². The van der Waals surface area contributed by atoms with E-state index in [1.165, 1.54) is 0 Å². The molecule has 2 heterocycles. The molecule has 2 aromatic rings. The van der Waals surface area contributed by atoms with E-state index in [0.717, 1.165) is 4.90 Å². The van der Waals surface area contributed by atoms with Gasteiger partial charge in [-0.3, -0.25) is 14.5 Å². The minimum atomic E-state index is -1.22. The Balaban J connectivity index is 1.51. The number of para-hydroxylation sites is 1. The summed E-state index contributed by atoms with van der Waals surface area (Å²) < 4.78 is 11.0. The van der Waals surface area contributed by atoms with Crippen molar-refractivity contribution in [1.82, 2.24) is 10.2 Å². The predicted octanol–water partition coefficient (Wildman–Crippen LogP) is 3.17. The third-order valence-electron chi connectivity index (χ3n) is 5.20. The van der Waals surface area contributed by atoms with Crippen LogP contribution in [0.1, 0.15) is 30.6 Å². The topological polar surface area (TPSA) is 84.9 Å². The third kappa shape index (κ3) is 3.31. The van der Waals surface area contributed by atoms with Crippen molar-refractivity contribution in [3.63, 3.8) is 0 Å². The molecule has 0 aromatic heterocycles. The minimum absolute atomic E-state index is 0.283. The van der Waals surface area contributed by atoms with Crippen LogP contribution in [-0.4, -0.2) is 36.0 Å². The largest absolute Gasteiger partial charge is 0.493 e. The third-order valence-corrected chi connectivity index (χ3v) is 5.54. The highest BCUT2D eigenvalue weighted by molar-refractivity contribution is 6.31. The highest BCUT2D eigenvalue weighted by Crippen LogP contribution is 2.41. The van der Waals surface area contributed by atoms with Gasteiger partial charge in [-0.2, -0.15) is 0 Å². The molecule has 1 saturated heterocycles. The molecule has 2 aliphatic rings. The van der Waals surface area contributed by atoms with Gasteiger partial charge in [0.05, 0.1) is 6.61 Å². The Bertz CT molecular complexity index is 995. The van der Waals surface area contributed by atoms with Crippen LogP contribution in [0.2, 0.25) is 5.02 Å². The summed E-state index contributed by atoms with van der Waals surface area (Å²) in [4.78, 5) is 39.0. The number of carbonyl (C=O) groups is 3. The van der Waals surface area contributed by atoms with Crippen molar-refractivity contribution < 1.29 is 23.9 Å². The summed E-state index contributed by atoms with van der Waals surface area (Å²) in [6, 6.07) is 13.4. The second-order valence-corrected chi connectivity index (χ2v) is 7.38. The molecule has 0 radical (unpaired) electrons. The molecule has 0 aliphatic carbocycles. The molecule has 29 heavy (non-hydrogen) atoms. The van der Waals surface area contributed by atoms with Gasteiger partial charge in [0, 0.05) is 22.6 Å². The van der Waals surface area contributed by atoms with Gasteiger partial charge in [-0.1, -0.05) is 48.0 Å². The molecule has 8 heteroatoms. The van der Waals surface area contributed by atoms with Crippen LogP contribution in [0, 0.1) is 0 Å². The van der Waals surface area contributed by atoms with E-state index in [1.807, 2.05) is 0 Å². The maximum absolute atomic E-state index is 13.2. The number of carbonyl (C=O) groups excluding carboxylic acids is 3. The standard InChI is InChI=1S/C21H19ClN2O5/c1-13(14-6-2-4-8-16(14)22)29-18(25)12-24-19(26)21(23-20(24)27)10-11-28-17-9-5-3-7-15(17)21/h2-9,13H,10-12H2,1H3,(H,23,27)/t13-,21+/m1/s1. The lowest BCUT2D eigenvalue weighted by molar-refractivity contribution is -0.152. The molecule has 2 aromatic carbocycles. The number of esters is 1. The molecule has 1 N–H and O–H groups in total. The molecular formula is C21H19ClN2O5. The molecule has 2 atom stereocenters. The van der Waals surface area contributed by atoms with Crippen molar-refractivity contribution in [2.24, 2.45) is 0 Å². The minimum Gasteiger partial charge on any atom is -0.493 e. The average Bonchev–Trinajstić information content (AvgIpc) is 2.93. The first-order valence-electron chi connectivity index (χ1n) is 9.23. The number of nitrogens with one attached hydrogen (secondary N) is 1. The zero-order valence-corrected chi connectivity index (χ0v) is 16.4. The number of nitrogens with zero attached hydrogens (tertiary/aromatic N) is 1. The van der Waals surface area contributed by atoms with E-state index in [4.69, 9.17) is 21.1 Å². The molecule has 4 rings (SSSR count). The summed E-state index contributed by atoms with van der Waals surface area (Å²) in [6.07, 6.45) is -0.328. The number of ether oxygens (including phenoxy) is 2. The highest BCUT2D eigenvalue weighted by Gasteiger charge is 2.55. The zero-order valence-electron chi connectivity index (χ0n) is 15.7. The zero-order chi connectivity index (χ0) is 20.6. The molecule has 0 saturated carbocycles. The summed E-state index contributed by atoms with van der Waals surface area (Å²) in [7, 11) is 0. The lowest BCUT2D eigenvalue weighted by Gasteiger charge is -2.33. The number of hydrogen-bond acceptors (Lipinski definition) is 5. The predicted molar refractivity (Wildman–Crippen MR) is 104 cm³/mol. The van der Waals surface area contributed by atoms with Crippen molar-refractivity contribution in [3.8, 4) is 5.75 Å². The normalized spacial score (nSPS) is 21.4. The first-order valence-corrected chi connectivity index (χ1v) is 9.60. The summed E-state index contributed by atoms with van der Waals surface area (Å²) in [5, 5.41) is 3.23. The first kappa shape index (κ1) is 19.3. The van der Waals surface area contributed by atoms with Crippen LogP contribution in [-0.2, 0) is 19.9 Å². The molecule has 0 unspecified atom stereocenters. The lowest BCUT2D eigenvalue weighted by Crippen LogP contribution is -2.47. The van der Waals surface area contributed by atoms with Crippen molar-refractivity contribution >= 4 is 29.5 Å². The Morgan fingerprint density at radius 3 is 2.76 bits per heavy atom. The maximum atomic E-state index is 13.2. The molecule has 2 aliphatic heterocycles. The number of halogens is 1. The molecule has 150 valence electrons. The van der Waals surface area contributed by atoms with Gasteiger partial charge in [0.15, 0.2) is 5.54 Å². The van der Waals surface area contributed by atoms with Crippen molar-refractivity contribution in [2.75, 3.05) is 13.2 Å². The molecule has 1 fully saturated rings. The first-order chi connectivity index (χ1) is 13.9. The van der Waals surface area contributed by atoms with Crippen molar-refractivity contribution in [3.05, 3.63) is 64.7 Å². The summed E-state index contributed by atoms with van der Waals surface area (Å²) in [5.41, 5.74) is 0.0139. The molecular weight excluding hydrogens is 396 g/mol. The van der Waals surface area contributed by atoms with Gasteiger partial charge in [0.1, 0.15) is 18.4 Å². The van der Waals surface area contributed by atoms with E-state index in [0.29, 0.717) is 21.9 Å². The van der Waals surface area contributed by atoms with E-state index in [9.17, 15) is 14.4 Å². The monoisotopic (exact) mass is 414 g/mol. The number of amides is 3. The van der Waals surface area contributed by atoms with Gasteiger partial charge >= 0.3 is 12.0 Å². The molecule has 7 nitrogen and oxygen atoms in total. The van der Waals surface area contributed by atoms with Crippen LogP contribution in [0.4, 0.5) is 4.79 Å². The smallest absolute Gasteiger partial charge is 0.326 e. The van der Waals surface area contributed by atoms with E-state index in [1.54, 1.807) is 55.5 Å². The fourth-order valence-electron chi connectivity index (χ4n) is 3.75. The van der Waals surface area contributed by atoms with Crippen molar-refractivity contribution in [1.29, 1.82) is 0 Å². The van der Waals surface area contributed by atoms with Gasteiger partial charge in [-0.15, -0.1) is 0 Å². The average molecular weight is 415 g/mol. The van der Waals surface area contributed by atoms with Crippen LogP contribution >= 0.6 is 11.6 Å². The maximum Gasteiger partial charge on any atom is 0.326 e. The second kappa shape index (κ2) is 7.40. The Kier molecular flexibility index (Phi) is 4.92. The molecule has 0 bridgehead atoms. The number of benzene rings is 2. The Morgan fingerprint density at radius 2 is 1.97 bits per heavy atom. The summed E-state index contributed by atoms with van der Waals surface area (Å²) in [6.45, 7) is 1.48.